The molecule has 2 heterocycles. The number of aromatic nitrogens is 2. The molecule has 28 heavy (non-hydrogen) atoms. The van der Waals surface area contributed by atoms with Gasteiger partial charge in [-0.2, -0.15) is 8.78 Å². The van der Waals surface area contributed by atoms with E-state index >= 15 is 0 Å². The van der Waals surface area contributed by atoms with Crippen LogP contribution in [0.25, 0.3) is 10.7 Å². The maximum Gasteiger partial charge on any atom is 0.387 e. The van der Waals surface area contributed by atoms with E-state index in [1.54, 1.807) is 11.6 Å². The van der Waals surface area contributed by atoms with E-state index < -0.39 is 12.6 Å². The topological polar surface area (TPSA) is 70.5 Å². The molecule has 0 saturated heterocycles. The number of rotatable bonds is 8. The minimum absolute atomic E-state index is 0.0209. The second-order valence-corrected chi connectivity index (χ2v) is 6.42. The number of nitrogens with zero attached hydrogens (tertiary/aromatic N) is 2. The molecular formula is C19H16F2N2O4S. The van der Waals surface area contributed by atoms with Crippen LogP contribution in [0, 0.1) is 0 Å². The Bertz CT molecular complexity index is 935. The fourth-order valence-corrected chi connectivity index (χ4v) is 3.15. The molecule has 0 atom stereocenters. The Hall–Kier alpha value is -3.07. The Kier molecular flexibility index (Phi) is 6.49. The summed E-state index contributed by atoms with van der Waals surface area (Å²) in [6.07, 6.45) is 1.70. The summed E-state index contributed by atoms with van der Waals surface area (Å²) in [5.74, 6) is -0.407. The molecular weight excluding hydrogens is 390 g/mol. The monoisotopic (exact) mass is 406 g/mol. The van der Waals surface area contributed by atoms with Crippen molar-refractivity contribution in [1.82, 2.24) is 9.97 Å². The van der Waals surface area contributed by atoms with Crippen LogP contribution in [0.4, 0.5) is 8.78 Å². The van der Waals surface area contributed by atoms with Gasteiger partial charge in [0.05, 0.1) is 24.9 Å². The van der Waals surface area contributed by atoms with Crippen LogP contribution in [0.1, 0.15) is 11.3 Å². The number of esters is 1. The average molecular weight is 406 g/mol. The molecule has 0 N–H and O–H groups in total. The SMILES string of the molecule is COc1cc(COC(=O)Cc2csc(-c3ccccn3)n2)ccc1OC(F)F. The number of benzene rings is 1. The van der Waals surface area contributed by atoms with Crippen molar-refractivity contribution in [2.24, 2.45) is 0 Å². The number of methoxy groups -OCH3 is 1. The predicted octanol–water partition coefficient (Wildman–Crippen LogP) is 4.10. The van der Waals surface area contributed by atoms with Gasteiger partial charge in [0, 0.05) is 11.6 Å². The van der Waals surface area contributed by atoms with Gasteiger partial charge >= 0.3 is 12.6 Å². The van der Waals surface area contributed by atoms with Crippen LogP contribution in [0.3, 0.4) is 0 Å². The van der Waals surface area contributed by atoms with Crippen molar-refractivity contribution < 1.29 is 27.8 Å². The first-order valence-electron chi connectivity index (χ1n) is 8.18. The van der Waals surface area contributed by atoms with Gasteiger partial charge in [-0.3, -0.25) is 9.78 Å². The molecule has 0 aliphatic heterocycles. The molecule has 0 amide bonds. The van der Waals surface area contributed by atoms with Crippen LogP contribution in [0.15, 0.2) is 48.0 Å². The van der Waals surface area contributed by atoms with Crippen LogP contribution in [0.2, 0.25) is 0 Å². The fraction of sp³-hybridized carbons (Fsp3) is 0.211. The summed E-state index contributed by atoms with van der Waals surface area (Å²) >= 11 is 1.40. The Morgan fingerprint density at radius 1 is 1.21 bits per heavy atom. The summed E-state index contributed by atoms with van der Waals surface area (Å²) in [6.45, 7) is -2.98. The average Bonchev–Trinajstić information content (AvgIpc) is 3.16. The number of pyridine rings is 1. The molecule has 0 bridgehead atoms. The van der Waals surface area contributed by atoms with E-state index in [-0.39, 0.29) is 24.5 Å². The van der Waals surface area contributed by atoms with Crippen LogP contribution >= 0.6 is 11.3 Å². The van der Waals surface area contributed by atoms with Crippen LogP contribution < -0.4 is 9.47 Å². The lowest BCUT2D eigenvalue weighted by Gasteiger charge is -2.11. The van der Waals surface area contributed by atoms with E-state index in [1.165, 1.54) is 36.6 Å². The predicted molar refractivity (Wildman–Crippen MR) is 98.5 cm³/mol. The van der Waals surface area contributed by atoms with Gasteiger partial charge in [-0.15, -0.1) is 11.3 Å². The van der Waals surface area contributed by atoms with Gasteiger partial charge in [0.15, 0.2) is 11.5 Å². The molecule has 3 aromatic rings. The van der Waals surface area contributed by atoms with Gasteiger partial charge in [-0.05, 0) is 29.8 Å². The standard InChI is InChI=1S/C19H16F2N2O4S/c1-25-16-8-12(5-6-15(16)27-19(20)21)10-26-17(24)9-13-11-28-18(23-13)14-4-2-3-7-22-14/h2-8,11,19H,9-10H2,1H3. The first-order valence-corrected chi connectivity index (χ1v) is 9.06. The van der Waals surface area contributed by atoms with Crippen molar-refractivity contribution in [1.29, 1.82) is 0 Å². The van der Waals surface area contributed by atoms with E-state index in [0.29, 0.717) is 11.3 Å². The highest BCUT2D eigenvalue weighted by Crippen LogP contribution is 2.29. The molecule has 1 aromatic carbocycles. The summed E-state index contributed by atoms with van der Waals surface area (Å²) in [5, 5.41) is 2.51. The van der Waals surface area contributed by atoms with Crippen LogP contribution in [0.5, 0.6) is 11.5 Å². The van der Waals surface area contributed by atoms with Crippen molar-refractivity contribution in [3.8, 4) is 22.2 Å². The molecule has 2 aromatic heterocycles. The van der Waals surface area contributed by atoms with E-state index in [0.717, 1.165) is 10.7 Å². The smallest absolute Gasteiger partial charge is 0.387 e. The van der Waals surface area contributed by atoms with Gasteiger partial charge in [0.25, 0.3) is 0 Å². The first kappa shape index (κ1) is 19.7. The molecule has 0 aliphatic carbocycles. The highest BCUT2D eigenvalue weighted by Gasteiger charge is 2.13. The quantitative estimate of drug-likeness (QED) is 0.525. The largest absolute Gasteiger partial charge is 0.493 e. The van der Waals surface area contributed by atoms with Crippen molar-refractivity contribution in [3.63, 3.8) is 0 Å². The second kappa shape index (κ2) is 9.23. The number of carbonyl (C=O) groups excluding carboxylic acids is 1. The van der Waals surface area contributed by atoms with Crippen molar-refractivity contribution in [3.05, 3.63) is 59.2 Å². The number of ether oxygens (including phenoxy) is 3. The van der Waals surface area contributed by atoms with E-state index in [9.17, 15) is 13.6 Å². The number of halogens is 2. The molecule has 146 valence electrons. The maximum absolute atomic E-state index is 12.4. The number of carbonyl (C=O) groups is 1. The Morgan fingerprint density at radius 2 is 2.07 bits per heavy atom. The highest BCUT2D eigenvalue weighted by atomic mass is 32.1. The Labute approximate surface area is 163 Å². The zero-order valence-corrected chi connectivity index (χ0v) is 15.6. The van der Waals surface area contributed by atoms with Gasteiger partial charge in [0.2, 0.25) is 0 Å². The molecule has 0 saturated carbocycles. The lowest BCUT2D eigenvalue weighted by molar-refractivity contribution is -0.144. The first-order chi connectivity index (χ1) is 13.5. The zero-order chi connectivity index (χ0) is 19.9. The van der Waals surface area contributed by atoms with Gasteiger partial charge in [-0.25, -0.2) is 4.98 Å². The molecule has 0 unspecified atom stereocenters. The summed E-state index contributed by atoms with van der Waals surface area (Å²) < 4.78 is 39.3. The lowest BCUT2D eigenvalue weighted by Crippen LogP contribution is -2.09. The van der Waals surface area contributed by atoms with E-state index in [1.807, 2.05) is 18.2 Å². The normalized spacial score (nSPS) is 10.7. The minimum Gasteiger partial charge on any atom is -0.493 e. The van der Waals surface area contributed by atoms with E-state index in [2.05, 4.69) is 14.7 Å². The van der Waals surface area contributed by atoms with Crippen LogP contribution in [-0.4, -0.2) is 29.7 Å². The number of thiazole rings is 1. The van der Waals surface area contributed by atoms with Crippen molar-refractivity contribution in [2.75, 3.05) is 7.11 Å². The van der Waals surface area contributed by atoms with Crippen molar-refractivity contribution >= 4 is 17.3 Å². The summed E-state index contributed by atoms with van der Waals surface area (Å²) in [5.41, 5.74) is 1.92. The maximum atomic E-state index is 12.4. The zero-order valence-electron chi connectivity index (χ0n) is 14.8. The molecule has 0 aliphatic rings. The summed E-state index contributed by atoms with van der Waals surface area (Å²) in [4.78, 5) is 20.7. The third-order valence-electron chi connectivity index (χ3n) is 3.61. The summed E-state index contributed by atoms with van der Waals surface area (Å²) in [7, 11) is 1.34. The molecule has 9 heteroatoms. The third kappa shape index (κ3) is 5.23. The summed E-state index contributed by atoms with van der Waals surface area (Å²) in [6, 6.07) is 9.87. The van der Waals surface area contributed by atoms with Gasteiger partial charge in [0.1, 0.15) is 11.6 Å². The minimum atomic E-state index is -2.95. The Balaban J connectivity index is 1.57. The molecule has 0 spiro atoms. The number of hydrogen-bond donors (Lipinski definition) is 0. The van der Waals surface area contributed by atoms with Crippen molar-refractivity contribution in [2.45, 2.75) is 19.6 Å². The van der Waals surface area contributed by atoms with E-state index in [4.69, 9.17) is 9.47 Å². The lowest BCUT2D eigenvalue weighted by atomic mass is 10.2. The van der Waals surface area contributed by atoms with Crippen LogP contribution in [-0.2, 0) is 22.6 Å². The Morgan fingerprint density at radius 3 is 2.79 bits per heavy atom. The molecule has 6 nitrogen and oxygen atoms in total. The van der Waals surface area contributed by atoms with Gasteiger partial charge in [-0.1, -0.05) is 12.1 Å². The van der Waals surface area contributed by atoms with Gasteiger partial charge < -0.3 is 14.2 Å². The fourth-order valence-electron chi connectivity index (χ4n) is 2.35. The number of alkyl halides is 2. The number of hydrogen-bond acceptors (Lipinski definition) is 7. The second-order valence-electron chi connectivity index (χ2n) is 5.56. The molecule has 3 rings (SSSR count). The highest BCUT2D eigenvalue weighted by molar-refractivity contribution is 7.13. The molecule has 0 radical (unpaired) electrons. The molecule has 0 fully saturated rings. The third-order valence-corrected chi connectivity index (χ3v) is 4.52.